The number of benzene rings is 1. The number of nitriles is 1. The van der Waals surface area contributed by atoms with Crippen LogP contribution in [-0.4, -0.2) is 31.9 Å². The molecule has 4 nitrogen and oxygen atoms in total. The molecule has 0 fully saturated rings. The minimum Gasteiger partial charge on any atom is -0.383 e. The molecule has 5 heteroatoms. The van der Waals surface area contributed by atoms with Gasteiger partial charge in [0.25, 0.3) is 0 Å². The lowest BCUT2D eigenvalue weighted by Gasteiger charge is -2.24. The molecular formula is C13H17N3OS. The van der Waals surface area contributed by atoms with Crippen molar-refractivity contribution >= 4 is 23.0 Å². The summed E-state index contributed by atoms with van der Waals surface area (Å²) in [4.78, 5) is 1.86. The fourth-order valence-corrected chi connectivity index (χ4v) is 1.78. The molecule has 1 unspecified atom stereocenters. The lowest BCUT2D eigenvalue weighted by molar-refractivity contribution is 0.179. The smallest absolute Gasteiger partial charge is 0.173 e. The van der Waals surface area contributed by atoms with Gasteiger partial charge in [0.05, 0.1) is 18.2 Å². The van der Waals surface area contributed by atoms with E-state index in [1.807, 2.05) is 31.0 Å². The maximum atomic E-state index is 8.74. The Bertz CT molecular complexity index is 439. The van der Waals surface area contributed by atoms with Crippen LogP contribution >= 0.6 is 12.2 Å². The van der Waals surface area contributed by atoms with Gasteiger partial charge in [-0.05, 0) is 43.4 Å². The summed E-state index contributed by atoms with van der Waals surface area (Å²) in [7, 11) is 3.54. The number of nitrogens with one attached hydrogen (secondary N) is 1. The van der Waals surface area contributed by atoms with E-state index < -0.39 is 0 Å². The van der Waals surface area contributed by atoms with Crippen LogP contribution in [0.15, 0.2) is 24.3 Å². The van der Waals surface area contributed by atoms with Crippen LogP contribution in [0.4, 0.5) is 5.69 Å². The highest BCUT2D eigenvalue weighted by Gasteiger charge is 2.09. The molecule has 96 valence electrons. The van der Waals surface area contributed by atoms with E-state index in [0.717, 1.165) is 5.69 Å². The second-order valence-electron chi connectivity index (χ2n) is 4.02. The van der Waals surface area contributed by atoms with Gasteiger partial charge < -0.3 is 15.0 Å². The van der Waals surface area contributed by atoms with Gasteiger partial charge in [0.1, 0.15) is 0 Å². The zero-order valence-corrected chi connectivity index (χ0v) is 11.6. The number of nitrogens with zero attached hydrogens (tertiary/aromatic N) is 2. The van der Waals surface area contributed by atoms with Crippen molar-refractivity contribution in [3.05, 3.63) is 29.8 Å². The predicted molar refractivity (Wildman–Crippen MR) is 76.6 cm³/mol. The molecule has 0 aliphatic heterocycles. The van der Waals surface area contributed by atoms with Crippen LogP contribution in [0.1, 0.15) is 12.5 Å². The van der Waals surface area contributed by atoms with Crippen LogP contribution < -0.4 is 10.2 Å². The van der Waals surface area contributed by atoms with Gasteiger partial charge in [-0.2, -0.15) is 5.26 Å². The van der Waals surface area contributed by atoms with Gasteiger partial charge >= 0.3 is 0 Å². The van der Waals surface area contributed by atoms with E-state index in [1.54, 1.807) is 19.2 Å². The summed E-state index contributed by atoms with van der Waals surface area (Å²) >= 11 is 5.30. The highest BCUT2D eigenvalue weighted by atomic mass is 32.1. The highest BCUT2D eigenvalue weighted by molar-refractivity contribution is 7.80. The topological polar surface area (TPSA) is 48.3 Å². The highest BCUT2D eigenvalue weighted by Crippen LogP contribution is 2.13. The Balaban J connectivity index is 2.65. The van der Waals surface area contributed by atoms with Crippen LogP contribution in [0.5, 0.6) is 0 Å². The lowest BCUT2D eigenvalue weighted by atomic mass is 10.2. The molecule has 0 saturated carbocycles. The first-order valence-corrected chi connectivity index (χ1v) is 6.02. The third kappa shape index (κ3) is 3.99. The van der Waals surface area contributed by atoms with Gasteiger partial charge in [-0.1, -0.05) is 0 Å². The van der Waals surface area contributed by atoms with Gasteiger partial charge in [-0.15, -0.1) is 0 Å². The summed E-state index contributed by atoms with van der Waals surface area (Å²) in [6.45, 7) is 2.60. The Labute approximate surface area is 113 Å². The van der Waals surface area contributed by atoms with Crippen molar-refractivity contribution < 1.29 is 4.74 Å². The fraction of sp³-hybridized carbons (Fsp3) is 0.385. The molecular weight excluding hydrogens is 246 g/mol. The van der Waals surface area contributed by atoms with Crippen molar-refractivity contribution in [2.45, 2.75) is 13.0 Å². The fourth-order valence-electron chi connectivity index (χ4n) is 1.48. The van der Waals surface area contributed by atoms with E-state index >= 15 is 0 Å². The molecule has 0 spiro atoms. The Morgan fingerprint density at radius 1 is 1.50 bits per heavy atom. The van der Waals surface area contributed by atoms with E-state index in [1.165, 1.54) is 0 Å². The average molecular weight is 263 g/mol. The number of anilines is 1. The Morgan fingerprint density at radius 2 is 2.11 bits per heavy atom. The number of methoxy groups -OCH3 is 1. The quantitative estimate of drug-likeness (QED) is 0.841. The zero-order chi connectivity index (χ0) is 13.5. The number of ether oxygens (including phenoxy) is 1. The van der Waals surface area contributed by atoms with Crippen LogP contribution in [0.3, 0.4) is 0 Å². The summed E-state index contributed by atoms with van der Waals surface area (Å²) < 4.78 is 5.04. The number of hydrogen-bond donors (Lipinski definition) is 1. The summed E-state index contributed by atoms with van der Waals surface area (Å²) in [5, 5.41) is 12.5. The van der Waals surface area contributed by atoms with Gasteiger partial charge in [-0.25, -0.2) is 0 Å². The maximum Gasteiger partial charge on any atom is 0.173 e. The molecule has 0 aliphatic rings. The van der Waals surface area contributed by atoms with Crippen molar-refractivity contribution in [2.24, 2.45) is 0 Å². The van der Waals surface area contributed by atoms with Crippen LogP contribution in [0.2, 0.25) is 0 Å². The summed E-state index contributed by atoms with van der Waals surface area (Å²) in [6.07, 6.45) is 0. The Hall–Kier alpha value is -1.64. The molecule has 0 heterocycles. The summed E-state index contributed by atoms with van der Waals surface area (Å²) in [5.74, 6) is 0. The van der Waals surface area contributed by atoms with E-state index in [4.69, 9.17) is 22.2 Å². The molecule has 1 aromatic carbocycles. The Morgan fingerprint density at radius 3 is 2.61 bits per heavy atom. The van der Waals surface area contributed by atoms with Gasteiger partial charge in [0.15, 0.2) is 5.11 Å². The molecule has 0 saturated heterocycles. The average Bonchev–Trinajstić information content (AvgIpc) is 2.38. The molecule has 0 amide bonds. The number of rotatable bonds is 4. The maximum absolute atomic E-state index is 8.74. The van der Waals surface area contributed by atoms with Crippen LogP contribution in [0.25, 0.3) is 0 Å². The lowest BCUT2D eigenvalue weighted by Crippen LogP contribution is -2.43. The monoisotopic (exact) mass is 263 g/mol. The second kappa shape index (κ2) is 6.94. The largest absolute Gasteiger partial charge is 0.383 e. The minimum atomic E-state index is 0.156. The molecule has 0 aliphatic carbocycles. The van der Waals surface area contributed by atoms with Crippen LogP contribution in [-0.2, 0) is 4.74 Å². The molecule has 0 aromatic heterocycles. The van der Waals surface area contributed by atoms with Crippen molar-refractivity contribution in [1.29, 1.82) is 5.26 Å². The van der Waals surface area contributed by atoms with Crippen molar-refractivity contribution in [3.8, 4) is 6.07 Å². The number of hydrogen-bond acceptors (Lipinski definition) is 3. The van der Waals surface area contributed by atoms with Gasteiger partial charge in [0, 0.05) is 25.9 Å². The Kier molecular flexibility index (Phi) is 5.56. The van der Waals surface area contributed by atoms with Crippen molar-refractivity contribution in [3.63, 3.8) is 0 Å². The molecule has 1 aromatic rings. The summed E-state index contributed by atoms with van der Waals surface area (Å²) in [5.41, 5.74) is 1.58. The first-order chi connectivity index (χ1) is 8.58. The minimum absolute atomic E-state index is 0.156. The van der Waals surface area contributed by atoms with E-state index in [9.17, 15) is 0 Å². The van der Waals surface area contributed by atoms with E-state index in [-0.39, 0.29) is 6.04 Å². The second-order valence-corrected chi connectivity index (χ2v) is 4.41. The molecule has 1 atom stereocenters. The SMILES string of the molecule is COCC(C)NC(=S)N(C)c1ccc(C#N)cc1. The first kappa shape index (κ1) is 14.4. The number of thiocarbonyl (C=S) groups is 1. The van der Waals surface area contributed by atoms with Gasteiger partial charge in [0.2, 0.25) is 0 Å². The first-order valence-electron chi connectivity index (χ1n) is 5.61. The summed E-state index contributed by atoms with van der Waals surface area (Å²) in [6, 6.07) is 9.52. The van der Waals surface area contributed by atoms with E-state index in [2.05, 4.69) is 11.4 Å². The molecule has 1 rings (SSSR count). The van der Waals surface area contributed by atoms with Crippen molar-refractivity contribution in [1.82, 2.24) is 5.32 Å². The third-order valence-electron chi connectivity index (χ3n) is 2.47. The molecule has 18 heavy (non-hydrogen) atoms. The van der Waals surface area contributed by atoms with Gasteiger partial charge in [-0.3, -0.25) is 0 Å². The molecule has 0 radical (unpaired) electrons. The molecule has 1 N–H and O–H groups in total. The zero-order valence-electron chi connectivity index (χ0n) is 10.8. The molecule has 0 bridgehead atoms. The van der Waals surface area contributed by atoms with E-state index in [0.29, 0.717) is 17.3 Å². The predicted octanol–water partition coefficient (Wildman–Crippen LogP) is 1.90. The van der Waals surface area contributed by atoms with Crippen molar-refractivity contribution in [2.75, 3.05) is 25.7 Å². The third-order valence-corrected chi connectivity index (χ3v) is 2.87. The normalized spacial score (nSPS) is 11.4. The standard InChI is InChI=1S/C13H17N3OS/c1-10(9-17-3)15-13(18)16(2)12-6-4-11(8-14)5-7-12/h4-7,10H,9H2,1-3H3,(H,15,18). The van der Waals surface area contributed by atoms with Crippen LogP contribution in [0, 0.1) is 11.3 Å².